The Balaban J connectivity index is 0.929. The van der Waals surface area contributed by atoms with Crippen molar-refractivity contribution in [2.24, 2.45) is 0 Å². The topological polar surface area (TPSA) is 43.6 Å². The number of fused-ring (bicyclic) bond motifs is 13. The third-order valence-electron chi connectivity index (χ3n) is 13.1. The second kappa shape index (κ2) is 13.4. The number of benzene rings is 9. The Labute approximate surface area is 359 Å². The highest BCUT2D eigenvalue weighted by atomic mass is 15.0. The van der Waals surface area contributed by atoms with Crippen molar-refractivity contribution < 1.29 is 0 Å². The van der Waals surface area contributed by atoms with E-state index in [9.17, 15) is 0 Å². The lowest BCUT2D eigenvalue weighted by Gasteiger charge is -2.30. The van der Waals surface area contributed by atoms with E-state index in [4.69, 9.17) is 15.0 Å². The summed E-state index contributed by atoms with van der Waals surface area (Å²) in [5.41, 5.74) is 18.8. The van der Waals surface area contributed by atoms with Gasteiger partial charge in [0.05, 0.1) is 16.4 Å². The van der Waals surface area contributed by atoms with Crippen LogP contribution in [0.25, 0.3) is 95.0 Å². The van der Waals surface area contributed by atoms with Crippen LogP contribution < -0.4 is 0 Å². The molecule has 0 fully saturated rings. The normalized spacial score (nSPS) is 13.0. The molecule has 2 aliphatic rings. The highest BCUT2D eigenvalue weighted by Crippen LogP contribution is 2.63. The largest absolute Gasteiger partial charge is 0.309 e. The van der Waals surface area contributed by atoms with Crippen molar-refractivity contribution in [3.05, 3.63) is 241 Å². The first-order valence-corrected chi connectivity index (χ1v) is 21.2. The molecule has 0 bridgehead atoms. The van der Waals surface area contributed by atoms with Gasteiger partial charge in [-0.25, -0.2) is 15.0 Å². The van der Waals surface area contributed by atoms with E-state index in [1.165, 1.54) is 55.5 Å². The first kappa shape index (κ1) is 34.6. The van der Waals surface area contributed by atoms with Gasteiger partial charge >= 0.3 is 0 Å². The number of rotatable bonds is 5. The lowest BCUT2D eigenvalue weighted by molar-refractivity contribution is 0.794. The van der Waals surface area contributed by atoms with E-state index in [1.54, 1.807) is 0 Å². The van der Waals surface area contributed by atoms with Gasteiger partial charge in [0.15, 0.2) is 17.5 Å². The van der Waals surface area contributed by atoms with Gasteiger partial charge in [-0.1, -0.05) is 176 Å². The molecule has 0 unspecified atom stereocenters. The van der Waals surface area contributed by atoms with Crippen LogP contribution in [0, 0.1) is 0 Å². The number of para-hydroxylation sites is 2. The summed E-state index contributed by atoms with van der Waals surface area (Å²) in [7, 11) is 0. The molecule has 2 heterocycles. The fourth-order valence-electron chi connectivity index (χ4n) is 10.4. The summed E-state index contributed by atoms with van der Waals surface area (Å²) >= 11 is 0. The summed E-state index contributed by atoms with van der Waals surface area (Å²) in [4.78, 5) is 15.4. The van der Waals surface area contributed by atoms with Crippen molar-refractivity contribution in [1.29, 1.82) is 0 Å². The van der Waals surface area contributed by atoms with Gasteiger partial charge in [0, 0.05) is 33.2 Å². The van der Waals surface area contributed by atoms with Gasteiger partial charge < -0.3 is 4.57 Å². The van der Waals surface area contributed by atoms with Crippen molar-refractivity contribution in [3.8, 4) is 73.2 Å². The molecular weight excluding hydrogens is 753 g/mol. The molecule has 62 heavy (non-hydrogen) atoms. The van der Waals surface area contributed by atoms with Crippen LogP contribution in [0.15, 0.2) is 218 Å². The molecule has 13 rings (SSSR count). The van der Waals surface area contributed by atoms with Gasteiger partial charge in [-0.3, -0.25) is 0 Å². The lowest BCUT2D eigenvalue weighted by atomic mass is 9.70. The molecule has 0 N–H and O–H groups in total. The van der Waals surface area contributed by atoms with Crippen LogP contribution in [0.4, 0.5) is 0 Å². The summed E-state index contributed by atoms with van der Waals surface area (Å²) in [6.45, 7) is 0. The number of aromatic nitrogens is 4. The first-order chi connectivity index (χ1) is 30.7. The maximum absolute atomic E-state index is 5.19. The van der Waals surface area contributed by atoms with Crippen LogP contribution in [-0.2, 0) is 5.41 Å². The molecule has 2 aromatic heterocycles. The van der Waals surface area contributed by atoms with Crippen LogP contribution in [0.3, 0.4) is 0 Å². The molecule has 4 heteroatoms. The van der Waals surface area contributed by atoms with Crippen molar-refractivity contribution >= 4 is 21.8 Å². The molecule has 9 aromatic carbocycles. The zero-order valence-electron chi connectivity index (χ0n) is 33.6. The number of nitrogens with zero attached hydrogens (tertiary/aromatic N) is 4. The average molecular weight is 789 g/mol. The second-order valence-electron chi connectivity index (χ2n) is 16.3. The summed E-state index contributed by atoms with van der Waals surface area (Å²) < 4.78 is 2.33. The van der Waals surface area contributed by atoms with E-state index >= 15 is 0 Å². The standard InChI is InChI=1S/C58H36N4/c1-3-15-38(16-4-1)55-59-56(61-57(60-55)41-32-34-54-48(35-41)47-22-10-14-26-53(47)62(54)42-17-5-2-6-18-42)39-29-27-37(28-30-39)40-31-33-46-45-21-9-13-25-51(45)58(52(46)36-40)49-23-11-7-19-43(49)44-20-8-12-24-50(44)58/h1-36H. The third-order valence-corrected chi connectivity index (χ3v) is 13.1. The van der Waals surface area contributed by atoms with E-state index in [-0.39, 0.29) is 5.41 Å². The van der Waals surface area contributed by atoms with Crippen LogP contribution in [0.1, 0.15) is 22.3 Å². The predicted molar refractivity (Wildman–Crippen MR) is 252 cm³/mol. The highest BCUT2D eigenvalue weighted by molar-refractivity contribution is 6.10. The predicted octanol–water partition coefficient (Wildman–Crippen LogP) is 14.0. The van der Waals surface area contributed by atoms with Gasteiger partial charge in [-0.05, 0) is 98.1 Å². The number of hydrogen-bond donors (Lipinski definition) is 0. The minimum absolute atomic E-state index is 0.385. The second-order valence-corrected chi connectivity index (χ2v) is 16.3. The van der Waals surface area contributed by atoms with Gasteiger partial charge in [0.25, 0.3) is 0 Å². The van der Waals surface area contributed by atoms with Crippen molar-refractivity contribution in [3.63, 3.8) is 0 Å². The van der Waals surface area contributed by atoms with E-state index in [0.29, 0.717) is 17.5 Å². The van der Waals surface area contributed by atoms with Crippen molar-refractivity contribution in [2.45, 2.75) is 5.41 Å². The summed E-state index contributed by atoms with van der Waals surface area (Å²) in [5, 5.41) is 2.34. The highest BCUT2D eigenvalue weighted by Gasteiger charge is 2.51. The maximum atomic E-state index is 5.19. The van der Waals surface area contributed by atoms with Crippen molar-refractivity contribution in [1.82, 2.24) is 19.5 Å². The van der Waals surface area contributed by atoms with Gasteiger partial charge in [0.1, 0.15) is 0 Å². The smallest absolute Gasteiger partial charge is 0.164 e. The lowest BCUT2D eigenvalue weighted by Crippen LogP contribution is -2.25. The Kier molecular flexibility index (Phi) is 7.49. The van der Waals surface area contributed by atoms with Crippen LogP contribution in [0.2, 0.25) is 0 Å². The van der Waals surface area contributed by atoms with E-state index in [1.807, 2.05) is 18.2 Å². The molecular formula is C58H36N4. The van der Waals surface area contributed by atoms with Crippen LogP contribution >= 0.6 is 0 Å². The molecule has 2 aliphatic carbocycles. The Morgan fingerprint density at radius 2 is 0.742 bits per heavy atom. The third kappa shape index (κ3) is 4.98. The molecule has 0 amide bonds. The van der Waals surface area contributed by atoms with Gasteiger partial charge in [-0.15, -0.1) is 0 Å². The maximum Gasteiger partial charge on any atom is 0.164 e. The van der Waals surface area contributed by atoms with Gasteiger partial charge in [0.2, 0.25) is 0 Å². The monoisotopic (exact) mass is 788 g/mol. The molecule has 1 spiro atoms. The molecule has 0 saturated carbocycles. The summed E-state index contributed by atoms with van der Waals surface area (Å²) in [6, 6.07) is 78.5. The van der Waals surface area contributed by atoms with E-state index < -0.39 is 0 Å². The Hall–Kier alpha value is -8.21. The molecule has 0 radical (unpaired) electrons. The molecule has 0 saturated heterocycles. The minimum Gasteiger partial charge on any atom is -0.309 e. The Bertz CT molecular complexity index is 3500. The van der Waals surface area contributed by atoms with Gasteiger partial charge in [-0.2, -0.15) is 0 Å². The fourth-order valence-corrected chi connectivity index (χ4v) is 10.4. The molecule has 0 atom stereocenters. The SMILES string of the molecule is c1ccc(-c2nc(-c3ccc(-c4ccc5c(c4)C4(c6ccccc6-c6ccccc64)c4ccccc4-5)cc3)nc(-c3ccc4c(c3)c3ccccc3n4-c3ccccc3)n2)cc1. The van der Waals surface area contributed by atoms with E-state index in [2.05, 4.69) is 205 Å². The molecule has 288 valence electrons. The first-order valence-electron chi connectivity index (χ1n) is 21.2. The summed E-state index contributed by atoms with van der Waals surface area (Å²) in [5.74, 6) is 1.91. The average Bonchev–Trinajstić information content (AvgIpc) is 3.96. The molecule has 11 aromatic rings. The summed E-state index contributed by atoms with van der Waals surface area (Å²) in [6.07, 6.45) is 0. The van der Waals surface area contributed by atoms with Crippen LogP contribution in [0.5, 0.6) is 0 Å². The molecule has 0 aliphatic heterocycles. The zero-order valence-corrected chi connectivity index (χ0v) is 33.6. The Morgan fingerprint density at radius 3 is 1.39 bits per heavy atom. The van der Waals surface area contributed by atoms with Crippen molar-refractivity contribution in [2.75, 3.05) is 0 Å². The quantitative estimate of drug-likeness (QED) is 0.174. The zero-order chi connectivity index (χ0) is 40.8. The van der Waals surface area contributed by atoms with Crippen LogP contribution in [-0.4, -0.2) is 19.5 Å². The fraction of sp³-hybridized carbons (Fsp3) is 0.0172. The minimum atomic E-state index is -0.385. The van der Waals surface area contributed by atoms with E-state index in [0.717, 1.165) is 44.4 Å². The Morgan fingerprint density at radius 1 is 0.290 bits per heavy atom. The molecule has 4 nitrogen and oxygen atoms in total. The number of hydrogen-bond acceptors (Lipinski definition) is 3.